The molecule has 5 aromatic rings. The molecule has 2 N–H and O–H groups in total. The average Bonchev–Trinajstić information content (AvgIpc) is 2.93. The molecule has 0 saturated carbocycles. The fourth-order valence-corrected chi connectivity index (χ4v) is 4.43. The van der Waals surface area contributed by atoms with Gasteiger partial charge in [-0.2, -0.15) is 0 Å². The number of amides is 1. The summed E-state index contributed by atoms with van der Waals surface area (Å²) in [7, 11) is 1.64. The Kier molecular flexibility index (Phi) is 7.05. The number of fused-ring (bicyclic) bond motifs is 1. The molecule has 6 heteroatoms. The summed E-state index contributed by atoms with van der Waals surface area (Å²) in [4.78, 5) is 22.0. The number of ether oxygens (including phenoxy) is 1. The van der Waals surface area contributed by atoms with Crippen molar-refractivity contribution < 1.29 is 9.53 Å². The Morgan fingerprint density at radius 3 is 2.50 bits per heavy atom. The van der Waals surface area contributed by atoms with E-state index in [-0.39, 0.29) is 11.9 Å². The van der Waals surface area contributed by atoms with Gasteiger partial charge in [0.2, 0.25) is 5.95 Å². The number of aromatic nitrogens is 2. The minimum absolute atomic E-state index is 0.0785. The molecular formula is C32H30N4O2. The van der Waals surface area contributed by atoms with Crippen LogP contribution in [0.2, 0.25) is 0 Å². The van der Waals surface area contributed by atoms with Gasteiger partial charge >= 0.3 is 0 Å². The number of anilines is 2. The first-order valence-electron chi connectivity index (χ1n) is 12.6. The van der Waals surface area contributed by atoms with Crippen molar-refractivity contribution in [3.8, 4) is 16.9 Å². The van der Waals surface area contributed by atoms with Crippen LogP contribution in [0.3, 0.4) is 0 Å². The summed E-state index contributed by atoms with van der Waals surface area (Å²) in [5.41, 5.74) is 7.86. The Balaban J connectivity index is 1.36. The molecule has 0 radical (unpaired) electrons. The summed E-state index contributed by atoms with van der Waals surface area (Å²) in [6.45, 7) is 6.09. The Morgan fingerprint density at radius 1 is 0.921 bits per heavy atom. The van der Waals surface area contributed by atoms with Crippen LogP contribution in [0, 0.1) is 13.8 Å². The number of hydrogen-bond acceptors (Lipinski definition) is 5. The summed E-state index contributed by atoms with van der Waals surface area (Å²) >= 11 is 0. The van der Waals surface area contributed by atoms with Crippen molar-refractivity contribution in [3.05, 3.63) is 113 Å². The number of hydrogen-bond donors (Lipinski definition) is 2. The van der Waals surface area contributed by atoms with E-state index < -0.39 is 0 Å². The van der Waals surface area contributed by atoms with Crippen molar-refractivity contribution in [1.29, 1.82) is 0 Å². The maximum Gasteiger partial charge on any atom is 0.251 e. The van der Waals surface area contributed by atoms with Crippen LogP contribution in [0.15, 0.2) is 91.1 Å². The van der Waals surface area contributed by atoms with E-state index in [1.807, 2.05) is 74.6 Å². The molecule has 1 aromatic heterocycles. The molecule has 1 heterocycles. The van der Waals surface area contributed by atoms with E-state index in [4.69, 9.17) is 4.74 Å². The van der Waals surface area contributed by atoms with E-state index in [1.165, 1.54) is 0 Å². The highest BCUT2D eigenvalue weighted by Gasteiger charge is 2.14. The van der Waals surface area contributed by atoms with Crippen LogP contribution in [-0.4, -0.2) is 23.0 Å². The van der Waals surface area contributed by atoms with Gasteiger partial charge in [-0.3, -0.25) is 4.79 Å². The van der Waals surface area contributed by atoms with E-state index in [2.05, 4.69) is 57.9 Å². The molecule has 6 nitrogen and oxygen atoms in total. The summed E-state index contributed by atoms with van der Waals surface area (Å²) in [6.07, 6.45) is 1.83. The van der Waals surface area contributed by atoms with E-state index in [0.717, 1.165) is 50.2 Å². The zero-order valence-corrected chi connectivity index (χ0v) is 21.9. The first-order valence-corrected chi connectivity index (χ1v) is 12.6. The number of rotatable bonds is 7. The van der Waals surface area contributed by atoms with E-state index in [1.54, 1.807) is 7.11 Å². The standard InChI is InChI=1S/C32H30N4O2/c1-20-6-5-7-25(16-20)31(37)34-22(3)23-9-8-21(2)29(18-23)24-10-15-30-26(17-24)19-33-32(36-30)35-27-11-13-28(38-4)14-12-27/h5-19,22H,1-4H3,(H,34,37)(H,33,35,36). The molecule has 1 unspecified atom stereocenters. The van der Waals surface area contributed by atoms with Crippen molar-refractivity contribution in [1.82, 2.24) is 15.3 Å². The topological polar surface area (TPSA) is 76.1 Å². The van der Waals surface area contributed by atoms with Crippen LogP contribution in [0.1, 0.15) is 40.0 Å². The quantitative estimate of drug-likeness (QED) is 0.247. The van der Waals surface area contributed by atoms with Gasteiger partial charge in [0.25, 0.3) is 5.91 Å². The monoisotopic (exact) mass is 502 g/mol. The van der Waals surface area contributed by atoms with Crippen LogP contribution < -0.4 is 15.4 Å². The van der Waals surface area contributed by atoms with E-state index >= 15 is 0 Å². The van der Waals surface area contributed by atoms with Crippen LogP contribution in [-0.2, 0) is 0 Å². The zero-order valence-electron chi connectivity index (χ0n) is 21.9. The lowest BCUT2D eigenvalue weighted by molar-refractivity contribution is 0.0940. The summed E-state index contributed by atoms with van der Waals surface area (Å²) < 4.78 is 5.21. The molecule has 38 heavy (non-hydrogen) atoms. The second-order valence-corrected chi connectivity index (χ2v) is 9.46. The maximum absolute atomic E-state index is 12.8. The largest absolute Gasteiger partial charge is 0.497 e. The van der Waals surface area contributed by atoms with Crippen molar-refractivity contribution in [2.45, 2.75) is 26.8 Å². The molecule has 0 aliphatic rings. The van der Waals surface area contributed by atoms with Gasteiger partial charge < -0.3 is 15.4 Å². The highest BCUT2D eigenvalue weighted by molar-refractivity contribution is 5.94. The van der Waals surface area contributed by atoms with Gasteiger partial charge in [0.15, 0.2) is 0 Å². The number of benzene rings is 4. The fourth-order valence-electron chi connectivity index (χ4n) is 4.43. The number of methoxy groups -OCH3 is 1. The van der Waals surface area contributed by atoms with Gasteiger partial charge in [0, 0.05) is 22.8 Å². The maximum atomic E-state index is 12.8. The van der Waals surface area contributed by atoms with Gasteiger partial charge in [-0.25, -0.2) is 9.97 Å². The molecule has 190 valence electrons. The first kappa shape index (κ1) is 25.0. The number of carbonyl (C=O) groups excluding carboxylic acids is 1. The minimum Gasteiger partial charge on any atom is -0.497 e. The van der Waals surface area contributed by atoms with Crippen LogP contribution in [0.25, 0.3) is 22.0 Å². The third-order valence-electron chi connectivity index (χ3n) is 6.63. The number of aryl methyl sites for hydroxylation is 2. The second-order valence-electron chi connectivity index (χ2n) is 9.46. The normalized spacial score (nSPS) is 11.7. The second kappa shape index (κ2) is 10.7. The highest BCUT2D eigenvalue weighted by atomic mass is 16.5. The lowest BCUT2D eigenvalue weighted by Gasteiger charge is -2.17. The van der Waals surface area contributed by atoms with Crippen molar-refractivity contribution >= 4 is 28.4 Å². The highest BCUT2D eigenvalue weighted by Crippen LogP contribution is 2.30. The molecule has 0 bridgehead atoms. The van der Waals surface area contributed by atoms with Crippen LogP contribution in [0.4, 0.5) is 11.6 Å². The molecule has 1 atom stereocenters. The Labute approximate surface area is 222 Å². The molecular weight excluding hydrogens is 472 g/mol. The third-order valence-corrected chi connectivity index (χ3v) is 6.63. The molecule has 0 fully saturated rings. The summed E-state index contributed by atoms with van der Waals surface area (Å²) in [6, 6.07) is 27.6. The van der Waals surface area contributed by atoms with Crippen molar-refractivity contribution in [2.24, 2.45) is 0 Å². The van der Waals surface area contributed by atoms with Gasteiger partial charge in [0.05, 0.1) is 18.7 Å². The Hall–Kier alpha value is -4.71. The van der Waals surface area contributed by atoms with Crippen LogP contribution >= 0.6 is 0 Å². The van der Waals surface area contributed by atoms with E-state index in [9.17, 15) is 4.79 Å². The average molecular weight is 503 g/mol. The van der Waals surface area contributed by atoms with E-state index in [0.29, 0.717) is 11.5 Å². The Bertz CT molecular complexity index is 1610. The van der Waals surface area contributed by atoms with Gasteiger partial charge in [0.1, 0.15) is 5.75 Å². The molecule has 1 amide bonds. The SMILES string of the molecule is COc1ccc(Nc2ncc3cc(-c4cc(C(C)NC(=O)c5cccc(C)c5)ccc4C)ccc3n2)cc1. The lowest BCUT2D eigenvalue weighted by atomic mass is 9.95. The fraction of sp³-hybridized carbons (Fsp3) is 0.156. The molecule has 0 spiro atoms. The first-order chi connectivity index (χ1) is 18.4. The van der Waals surface area contributed by atoms with Gasteiger partial charge in [-0.15, -0.1) is 0 Å². The van der Waals surface area contributed by atoms with Crippen LogP contribution in [0.5, 0.6) is 5.75 Å². The molecule has 4 aromatic carbocycles. The number of nitrogens with one attached hydrogen (secondary N) is 2. The predicted octanol–water partition coefficient (Wildman–Crippen LogP) is 7.16. The summed E-state index contributed by atoms with van der Waals surface area (Å²) in [5, 5.41) is 7.32. The predicted molar refractivity (Wildman–Crippen MR) is 153 cm³/mol. The smallest absolute Gasteiger partial charge is 0.251 e. The zero-order chi connectivity index (χ0) is 26.6. The minimum atomic E-state index is -0.141. The summed E-state index contributed by atoms with van der Waals surface area (Å²) in [5.74, 6) is 1.25. The number of carbonyl (C=O) groups is 1. The van der Waals surface area contributed by atoms with Crippen molar-refractivity contribution in [2.75, 3.05) is 12.4 Å². The molecule has 0 aliphatic carbocycles. The van der Waals surface area contributed by atoms with Gasteiger partial charge in [-0.05, 0) is 97.6 Å². The number of nitrogens with zero attached hydrogens (tertiary/aromatic N) is 2. The molecule has 5 rings (SSSR count). The lowest BCUT2D eigenvalue weighted by Crippen LogP contribution is -2.26. The molecule has 0 saturated heterocycles. The molecule has 0 aliphatic heterocycles. The third kappa shape index (κ3) is 5.49. The van der Waals surface area contributed by atoms with Gasteiger partial charge in [-0.1, -0.05) is 35.9 Å². The van der Waals surface area contributed by atoms with Crippen molar-refractivity contribution in [3.63, 3.8) is 0 Å². The Morgan fingerprint density at radius 2 is 1.74 bits per heavy atom.